The molecule has 0 atom stereocenters. The fraction of sp³-hybridized carbons (Fsp3) is 0.467. The van der Waals surface area contributed by atoms with Crippen LogP contribution in [-0.2, 0) is 6.54 Å². The Morgan fingerprint density at radius 1 is 1.39 bits per heavy atom. The van der Waals surface area contributed by atoms with Crippen molar-refractivity contribution in [3.63, 3.8) is 0 Å². The molecule has 1 rings (SSSR count). The summed E-state index contributed by atoms with van der Waals surface area (Å²) in [7, 11) is 0. The second kappa shape index (κ2) is 6.42. The van der Waals surface area contributed by atoms with Crippen molar-refractivity contribution in [3.8, 4) is 18.1 Å². The van der Waals surface area contributed by atoms with Crippen molar-refractivity contribution in [2.45, 2.75) is 39.3 Å². The third kappa shape index (κ3) is 4.77. The van der Waals surface area contributed by atoms with E-state index in [1.165, 1.54) is 6.07 Å². The number of nitrogens with one attached hydrogen (secondary N) is 1. The lowest BCUT2D eigenvalue weighted by Gasteiger charge is -2.21. The summed E-state index contributed by atoms with van der Waals surface area (Å²) in [4.78, 5) is 0. The minimum Gasteiger partial charge on any atom is -0.489 e. The summed E-state index contributed by atoms with van der Waals surface area (Å²) in [5.74, 6) is 2.42. The summed E-state index contributed by atoms with van der Waals surface area (Å²) in [6.45, 7) is 7.08. The Bertz CT molecular complexity index is 429. The summed E-state index contributed by atoms with van der Waals surface area (Å²) in [6, 6.07) is 4.93. The van der Waals surface area contributed by atoms with E-state index in [1.807, 2.05) is 6.07 Å². The highest BCUT2D eigenvalue weighted by Crippen LogP contribution is 2.23. The maximum Gasteiger partial charge on any atom is 0.165 e. The van der Waals surface area contributed by atoms with Gasteiger partial charge in [0.1, 0.15) is 0 Å². The smallest absolute Gasteiger partial charge is 0.165 e. The van der Waals surface area contributed by atoms with Crippen molar-refractivity contribution in [1.29, 1.82) is 0 Å². The molecule has 0 radical (unpaired) electrons. The van der Waals surface area contributed by atoms with E-state index >= 15 is 0 Å². The van der Waals surface area contributed by atoms with Gasteiger partial charge in [0.15, 0.2) is 11.6 Å². The zero-order valence-corrected chi connectivity index (χ0v) is 11.2. The Kier molecular flexibility index (Phi) is 5.18. The van der Waals surface area contributed by atoms with Crippen LogP contribution in [0, 0.1) is 18.2 Å². The van der Waals surface area contributed by atoms with Crippen LogP contribution in [0.5, 0.6) is 5.75 Å². The first-order valence-electron chi connectivity index (χ1n) is 6.03. The average Bonchev–Trinajstić information content (AvgIpc) is 2.28. The van der Waals surface area contributed by atoms with Gasteiger partial charge >= 0.3 is 0 Å². The molecule has 98 valence electrons. The summed E-state index contributed by atoms with van der Waals surface area (Å²) < 4.78 is 19.1. The van der Waals surface area contributed by atoms with Crippen LogP contribution in [0.4, 0.5) is 4.39 Å². The van der Waals surface area contributed by atoms with Crippen molar-refractivity contribution in [3.05, 3.63) is 29.6 Å². The van der Waals surface area contributed by atoms with E-state index in [0.717, 1.165) is 5.56 Å². The van der Waals surface area contributed by atoms with Gasteiger partial charge in [-0.25, -0.2) is 4.39 Å². The van der Waals surface area contributed by atoms with Gasteiger partial charge in [0.05, 0.1) is 6.61 Å². The maximum atomic E-state index is 13.7. The predicted octanol–water partition coefficient (Wildman–Crippen LogP) is 3.12. The van der Waals surface area contributed by atoms with Crippen LogP contribution >= 0.6 is 0 Å². The highest BCUT2D eigenvalue weighted by molar-refractivity contribution is 5.35. The quantitative estimate of drug-likeness (QED) is 0.639. The van der Waals surface area contributed by atoms with Crippen molar-refractivity contribution >= 4 is 0 Å². The highest BCUT2D eigenvalue weighted by atomic mass is 19.1. The van der Waals surface area contributed by atoms with Crippen LogP contribution in [0.3, 0.4) is 0 Å². The first-order chi connectivity index (χ1) is 8.44. The molecule has 1 aromatic rings. The molecule has 0 amide bonds. The van der Waals surface area contributed by atoms with Crippen LogP contribution in [0.25, 0.3) is 0 Å². The van der Waals surface area contributed by atoms with Gasteiger partial charge in [-0.15, -0.1) is 12.3 Å². The lowest BCUT2D eigenvalue weighted by Crippen LogP contribution is -2.35. The second-order valence-corrected chi connectivity index (χ2v) is 5.13. The molecule has 0 aliphatic rings. The summed E-state index contributed by atoms with van der Waals surface area (Å²) in [5.41, 5.74) is 0.782. The van der Waals surface area contributed by atoms with E-state index in [2.05, 4.69) is 32.0 Å². The maximum absolute atomic E-state index is 13.7. The topological polar surface area (TPSA) is 21.3 Å². The van der Waals surface area contributed by atoms with Crippen LogP contribution in [-0.4, -0.2) is 12.1 Å². The fourth-order valence-electron chi connectivity index (χ4n) is 1.43. The van der Waals surface area contributed by atoms with Gasteiger partial charge in [-0.3, -0.25) is 0 Å². The lowest BCUT2D eigenvalue weighted by atomic mass is 10.1. The van der Waals surface area contributed by atoms with E-state index < -0.39 is 0 Å². The van der Waals surface area contributed by atoms with Crippen LogP contribution in [0.15, 0.2) is 18.2 Å². The number of halogens is 1. The second-order valence-electron chi connectivity index (χ2n) is 5.13. The molecule has 0 aliphatic heterocycles. The number of para-hydroxylation sites is 1. The van der Waals surface area contributed by atoms with Crippen molar-refractivity contribution in [1.82, 2.24) is 5.32 Å². The molecule has 0 aromatic heterocycles. The standard InChI is InChI=1S/C15H20FNO/c1-5-6-10-18-14-12(8-7-9-13(14)16)11-17-15(2,3)4/h1,7-9,17H,6,10-11H2,2-4H3. The molecule has 1 aromatic carbocycles. The molecule has 0 aliphatic carbocycles. The molecular weight excluding hydrogens is 229 g/mol. The summed E-state index contributed by atoms with van der Waals surface area (Å²) >= 11 is 0. The number of ether oxygens (including phenoxy) is 1. The number of rotatable bonds is 5. The van der Waals surface area contributed by atoms with E-state index in [0.29, 0.717) is 25.3 Å². The van der Waals surface area contributed by atoms with Gasteiger partial charge in [-0.05, 0) is 26.8 Å². The largest absolute Gasteiger partial charge is 0.489 e. The average molecular weight is 249 g/mol. The molecule has 2 nitrogen and oxygen atoms in total. The Hall–Kier alpha value is -1.53. The van der Waals surface area contributed by atoms with Crippen molar-refractivity contribution < 1.29 is 9.13 Å². The van der Waals surface area contributed by atoms with Gasteiger partial charge in [0, 0.05) is 24.1 Å². The minimum absolute atomic E-state index is 0.0254. The first kappa shape index (κ1) is 14.5. The van der Waals surface area contributed by atoms with Gasteiger partial charge in [-0.1, -0.05) is 12.1 Å². The molecule has 0 heterocycles. The normalized spacial score (nSPS) is 11.1. The van der Waals surface area contributed by atoms with Gasteiger partial charge in [0.2, 0.25) is 0 Å². The van der Waals surface area contributed by atoms with Crippen molar-refractivity contribution in [2.24, 2.45) is 0 Å². The predicted molar refractivity (Wildman–Crippen MR) is 71.9 cm³/mol. The molecular formula is C15H20FNO. The number of terminal acetylenes is 1. The minimum atomic E-state index is -0.347. The Morgan fingerprint density at radius 2 is 2.11 bits per heavy atom. The molecule has 0 bridgehead atoms. The highest BCUT2D eigenvalue weighted by Gasteiger charge is 2.13. The molecule has 3 heteroatoms. The third-order valence-electron chi connectivity index (χ3n) is 2.35. The molecule has 0 unspecified atom stereocenters. The molecule has 18 heavy (non-hydrogen) atoms. The van der Waals surface area contributed by atoms with Crippen LogP contribution < -0.4 is 10.1 Å². The van der Waals surface area contributed by atoms with Gasteiger partial charge in [-0.2, -0.15) is 0 Å². The molecule has 0 saturated heterocycles. The molecule has 0 fully saturated rings. The van der Waals surface area contributed by atoms with E-state index in [4.69, 9.17) is 11.2 Å². The Labute approximate surface area is 109 Å². The SMILES string of the molecule is C#CCCOc1c(F)cccc1CNC(C)(C)C. The Balaban J connectivity index is 2.77. The zero-order valence-electron chi connectivity index (χ0n) is 11.2. The third-order valence-corrected chi connectivity index (χ3v) is 2.35. The number of benzene rings is 1. The zero-order chi connectivity index (χ0) is 13.6. The molecule has 1 N–H and O–H groups in total. The van der Waals surface area contributed by atoms with Crippen LogP contribution in [0.2, 0.25) is 0 Å². The summed E-state index contributed by atoms with van der Waals surface area (Å²) in [5, 5.41) is 3.31. The van der Waals surface area contributed by atoms with E-state index in [1.54, 1.807) is 6.07 Å². The lowest BCUT2D eigenvalue weighted by molar-refractivity contribution is 0.303. The molecule has 0 saturated carbocycles. The summed E-state index contributed by atoms with van der Waals surface area (Å²) in [6.07, 6.45) is 5.62. The number of hydrogen-bond acceptors (Lipinski definition) is 2. The van der Waals surface area contributed by atoms with Gasteiger partial charge in [0.25, 0.3) is 0 Å². The Morgan fingerprint density at radius 3 is 2.72 bits per heavy atom. The fourth-order valence-corrected chi connectivity index (χ4v) is 1.43. The van der Waals surface area contributed by atoms with E-state index in [-0.39, 0.29) is 11.4 Å². The first-order valence-corrected chi connectivity index (χ1v) is 6.03. The van der Waals surface area contributed by atoms with E-state index in [9.17, 15) is 4.39 Å². The van der Waals surface area contributed by atoms with Gasteiger partial charge < -0.3 is 10.1 Å². The monoisotopic (exact) mass is 249 g/mol. The van der Waals surface area contributed by atoms with Crippen molar-refractivity contribution in [2.75, 3.05) is 6.61 Å². The number of hydrogen-bond donors (Lipinski definition) is 1. The molecule has 0 spiro atoms. The van der Waals surface area contributed by atoms with Crippen LogP contribution in [0.1, 0.15) is 32.8 Å².